The van der Waals surface area contributed by atoms with Crippen molar-refractivity contribution in [2.75, 3.05) is 42.1 Å². The van der Waals surface area contributed by atoms with Gasteiger partial charge in [-0.2, -0.15) is 0 Å². The lowest BCUT2D eigenvalue weighted by Crippen LogP contribution is -2.22. The minimum Gasteiger partial charge on any atom is -0.494 e. The van der Waals surface area contributed by atoms with Gasteiger partial charge >= 0.3 is 0 Å². The molecule has 0 aliphatic carbocycles. The third-order valence-corrected chi connectivity index (χ3v) is 5.84. The Bertz CT molecular complexity index is 1380. The summed E-state index contributed by atoms with van der Waals surface area (Å²) in [5, 5.41) is 7.21. The van der Waals surface area contributed by atoms with Gasteiger partial charge in [0.05, 0.1) is 29.9 Å². The fraction of sp³-hybridized carbons (Fsp3) is 0.192. The smallest absolute Gasteiger partial charge is 0.247 e. The number of nitrogens with one attached hydrogen (secondary N) is 2. The number of aromatic nitrogens is 3. The van der Waals surface area contributed by atoms with Crippen LogP contribution in [0.25, 0.3) is 22.2 Å². The molecule has 2 aromatic heterocycles. The van der Waals surface area contributed by atoms with Crippen molar-refractivity contribution in [1.82, 2.24) is 14.5 Å². The summed E-state index contributed by atoms with van der Waals surface area (Å²) in [6.07, 6.45) is 4.99. The highest BCUT2D eigenvalue weighted by molar-refractivity contribution is 6.18. The highest BCUT2D eigenvalue weighted by atomic mass is 35.5. The Hall–Kier alpha value is -4.04. The van der Waals surface area contributed by atoms with Gasteiger partial charge < -0.3 is 24.8 Å². The van der Waals surface area contributed by atoms with Crippen LogP contribution in [0.3, 0.4) is 0 Å². The average Bonchev–Trinajstić information content (AvgIpc) is 3.21. The monoisotopic (exact) mass is 490 g/mol. The zero-order valence-corrected chi connectivity index (χ0v) is 20.6. The predicted molar refractivity (Wildman–Crippen MR) is 143 cm³/mol. The summed E-state index contributed by atoms with van der Waals surface area (Å²) in [5.41, 5.74) is 4.86. The molecule has 8 nitrogen and oxygen atoms in total. The second kappa shape index (κ2) is 10.5. The third-order valence-electron chi connectivity index (χ3n) is 5.67. The first-order valence-corrected chi connectivity index (χ1v) is 11.6. The number of carbonyl (C=O) groups excluding carboxylic acids is 1. The minimum absolute atomic E-state index is 0.323. The molecule has 0 aliphatic rings. The molecule has 0 fully saturated rings. The molecule has 4 aromatic rings. The number of amides is 1. The molecular weight excluding hydrogens is 464 g/mol. The molecule has 1 amide bonds. The highest BCUT2D eigenvalue weighted by Crippen LogP contribution is 2.38. The van der Waals surface area contributed by atoms with E-state index in [-0.39, 0.29) is 5.91 Å². The van der Waals surface area contributed by atoms with Crippen LogP contribution in [0, 0.1) is 0 Å². The summed E-state index contributed by atoms with van der Waals surface area (Å²) in [6.45, 7) is 4.13. The fourth-order valence-corrected chi connectivity index (χ4v) is 4.17. The minimum atomic E-state index is -0.323. The lowest BCUT2D eigenvalue weighted by Gasteiger charge is -2.24. The molecule has 9 heteroatoms. The van der Waals surface area contributed by atoms with Crippen LogP contribution in [0.4, 0.5) is 23.0 Å². The molecule has 0 saturated heterocycles. The number of methoxy groups -OCH3 is 1. The van der Waals surface area contributed by atoms with E-state index in [1.165, 1.54) is 6.08 Å². The maximum atomic E-state index is 12.1. The Morgan fingerprint density at radius 2 is 2.06 bits per heavy atom. The van der Waals surface area contributed by atoms with Gasteiger partial charge in [0.15, 0.2) is 0 Å². The molecule has 0 saturated carbocycles. The van der Waals surface area contributed by atoms with Crippen LogP contribution in [0.5, 0.6) is 5.75 Å². The van der Waals surface area contributed by atoms with Gasteiger partial charge in [-0.15, -0.1) is 11.6 Å². The van der Waals surface area contributed by atoms with Crippen LogP contribution in [-0.4, -0.2) is 47.0 Å². The first-order valence-electron chi connectivity index (χ1n) is 11.0. The second-order valence-electron chi connectivity index (χ2n) is 7.93. The van der Waals surface area contributed by atoms with Gasteiger partial charge in [0.1, 0.15) is 5.75 Å². The van der Waals surface area contributed by atoms with E-state index in [1.54, 1.807) is 19.4 Å². The number of hydrogen-bond donors (Lipinski definition) is 2. The molecular formula is C26H27ClN6O2. The molecule has 0 atom stereocenters. The second-order valence-corrected chi connectivity index (χ2v) is 8.31. The molecule has 0 spiro atoms. The van der Waals surface area contributed by atoms with Gasteiger partial charge in [-0.05, 0) is 24.3 Å². The Balaban J connectivity index is 1.73. The number of alkyl halides is 1. The van der Waals surface area contributed by atoms with Crippen molar-refractivity contribution in [3.05, 3.63) is 67.5 Å². The molecule has 2 N–H and O–H groups in total. The van der Waals surface area contributed by atoms with E-state index in [9.17, 15) is 4.79 Å². The summed E-state index contributed by atoms with van der Waals surface area (Å²) in [5.74, 6) is 1.08. The summed E-state index contributed by atoms with van der Waals surface area (Å²) in [4.78, 5) is 23.2. The van der Waals surface area contributed by atoms with E-state index in [0.717, 1.165) is 27.8 Å². The zero-order valence-electron chi connectivity index (χ0n) is 19.9. The fourth-order valence-electron chi connectivity index (χ4n) is 3.92. The number of benzene rings is 2. The number of halogens is 1. The zero-order chi connectivity index (χ0) is 24.9. The lowest BCUT2D eigenvalue weighted by molar-refractivity contribution is -0.111. The summed E-state index contributed by atoms with van der Waals surface area (Å²) < 4.78 is 7.71. The molecule has 4 rings (SSSR count). The van der Waals surface area contributed by atoms with Crippen LogP contribution >= 0.6 is 11.6 Å². The predicted octanol–water partition coefficient (Wildman–Crippen LogP) is 5.19. The number of para-hydroxylation sites is 1. The van der Waals surface area contributed by atoms with E-state index in [0.29, 0.717) is 35.5 Å². The summed E-state index contributed by atoms with van der Waals surface area (Å²) >= 11 is 5.94. The number of anilines is 4. The SMILES string of the molecule is C=CC(=O)Nc1cc(Nc2nccc(-c3cn(C)c4ccccc34)n2)c(OC)cc1N(C)CCCl. The Morgan fingerprint density at radius 3 is 2.80 bits per heavy atom. The number of aryl methyl sites for hydroxylation is 1. The van der Waals surface area contributed by atoms with Gasteiger partial charge in [0, 0.05) is 61.4 Å². The van der Waals surface area contributed by atoms with Crippen LogP contribution < -0.4 is 20.3 Å². The molecule has 0 bridgehead atoms. The number of fused-ring (bicyclic) bond motifs is 1. The topological polar surface area (TPSA) is 84.3 Å². The van der Waals surface area contributed by atoms with E-state index in [1.807, 2.05) is 43.3 Å². The van der Waals surface area contributed by atoms with E-state index in [4.69, 9.17) is 21.3 Å². The quantitative estimate of drug-likeness (QED) is 0.248. The largest absolute Gasteiger partial charge is 0.494 e. The summed E-state index contributed by atoms with van der Waals surface area (Å²) in [6, 6.07) is 13.7. The van der Waals surface area contributed by atoms with Crippen LogP contribution in [-0.2, 0) is 11.8 Å². The van der Waals surface area contributed by atoms with Crippen molar-refractivity contribution < 1.29 is 9.53 Å². The lowest BCUT2D eigenvalue weighted by atomic mass is 10.1. The third kappa shape index (κ3) is 5.07. The van der Waals surface area contributed by atoms with E-state index in [2.05, 4.69) is 45.1 Å². The van der Waals surface area contributed by atoms with Gasteiger partial charge in [0.25, 0.3) is 0 Å². The summed E-state index contributed by atoms with van der Waals surface area (Å²) in [7, 11) is 5.49. The van der Waals surface area contributed by atoms with E-state index < -0.39 is 0 Å². The molecule has 2 aromatic carbocycles. The van der Waals surface area contributed by atoms with Crippen molar-refractivity contribution in [2.45, 2.75) is 0 Å². The number of rotatable bonds is 9. The standard InChI is InChI=1S/C26H27ClN6O2/c1-5-25(34)29-20-14-21(24(35-4)15-23(20)32(2)13-11-27)31-26-28-12-10-19(30-26)18-16-33(3)22-9-7-6-8-17(18)22/h5-10,12,14-16H,1,11,13H2,2-4H3,(H,29,34)(H,28,30,31). The number of carbonyl (C=O) groups is 1. The number of hydrogen-bond acceptors (Lipinski definition) is 6. The normalized spacial score (nSPS) is 10.7. The molecule has 0 aliphatic heterocycles. The number of ether oxygens (including phenoxy) is 1. The molecule has 180 valence electrons. The van der Waals surface area contributed by atoms with Crippen molar-refractivity contribution in [3.63, 3.8) is 0 Å². The van der Waals surface area contributed by atoms with Crippen LogP contribution in [0.2, 0.25) is 0 Å². The Labute approximate surface area is 209 Å². The maximum absolute atomic E-state index is 12.1. The maximum Gasteiger partial charge on any atom is 0.247 e. The first kappa shape index (κ1) is 24.1. The van der Waals surface area contributed by atoms with Gasteiger partial charge in [0.2, 0.25) is 11.9 Å². The Morgan fingerprint density at radius 1 is 1.26 bits per heavy atom. The molecule has 0 unspecified atom stereocenters. The van der Waals surface area contributed by atoms with Gasteiger partial charge in [-0.3, -0.25) is 4.79 Å². The molecule has 0 radical (unpaired) electrons. The van der Waals surface area contributed by atoms with Crippen molar-refractivity contribution >= 4 is 51.4 Å². The van der Waals surface area contributed by atoms with E-state index >= 15 is 0 Å². The van der Waals surface area contributed by atoms with Crippen molar-refractivity contribution in [2.24, 2.45) is 7.05 Å². The van der Waals surface area contributed by atoms with Crippen LogP contribution in [0.1, 0.15) is 0 Å². The Kier molecular flexibility index (Phi) is 7.22. The van der Waals surface area contributed by atoms with Crippen LogP contribution in [0.15, 0.2) is 67.5 Å². The molecule has 35 heavy (non-hydrogen) atoms. The highest BCUT2D eigenvalue weighted by Gasteiger charge is 2.17. The van der Waals surface area contributed by atoms with Gasteiger partial charge in [-0.25, -0.2) is 9.97 Å². The number of nitrogens with zero attached hydrogens (tertiary/aromatic N) is 4. The van der Waals surface area contributed by atoms with Crippen molar-refractivity contribution in [1.29, 1.82) is 0 Å². The first-order chi connectivity index (χ1) is 16.9. The van der Waals surface area contributed by atoms with Gasteiger partial charge in [-0.1, -0.05) is 24.8 Å². The van der Waals surface area contributed by atoms with Crippen molar-refractivity contribution in [3.8, 4) is 17.0 Å². The molecule has 2 heterocycles. The average molecular weight is 491 g/mol.